The van der Waals surface area contributed by atoms with Gasteiger partial charge in [-0.15, -0.1) is 0 Å². The number of phenolic OH excluding ortho intramolecular Hbond substituents is 1. The van der Waals surface area contributed by atoms with Crippen molar-refractivity contribution in [2.24, 2.45) is 0 Å². The highest BCUT2D eigenvalue weighted by Gasteiger charge is 2.10. The van der Waals surface area contributed by atoms with Crippen molar-refractivity contribution in [2.45, 2.75) is 12.8 Å². The Hall–Kier alpha value is -3.02. The lowest BCUT2D eigenvalue weighted by Gasteiger charge is -2.09. The molecule has 120 valence electrons. The second-order valence-electron chi connectivity index (χ2n) is 4.78. The summed E-state index contributed by atoms with van der Waals surface area (Å²) in [5.74, 6) is -0.293. The molecule has 0 fully saturated rings. The van der Waals surface area contributed by atoms with Crippen molar-refractivity contribution in [1.29, 1.82) is 0 Å². The van der Waals surface area contributed by atoms with E-state index < -0.39 is 5.91 Å². The first-order chi connectivity index (χ1) is 11.2. The highest BCUT2D eigenvalue weighted by Crippen LogP contribution is 2.14. The van der Waals surface area contributed by atoms with Crippen LogP contribution in [0.3, 0.4) is 0 Å². The summed E-state index contributed by atoms with van der Waals surface area (Å²) < 4.78 is 5.47. The van der Waals surface area contributed by atoms with Crippen LogP contribution in [0.4, 0.5) is 0 Å². The molecule has 0 spiro atoms. The van der Waals surface area contributed by atoms with Gasteiger partial charge in [0, 0.05) is 6.42 Å². The van der Waals surface area contributed by atoms with Gasteiger partial charge >= 0.3 is 0 Å². The molecule has 6 nitrogen and oxygen atoms in total. The lowest BCUT2D eigenvalue weighted by Crippen LogP contribution is -2.41. The SMILES string of the molecule is O=C(CCCOc1ccccc1)NNC(=O)c1ccccc1O. The van der Waals surface area contributed by atoms with E-state index in [1.807, 2.05) is 30.3 Å². The van der Waals surface area contributed by atoms with Gasteiger partial charge in [0.15, 0.2) is 0 Å². The van der Waals surface area contributed by atoms with Gasteiger partial charge in [-0.3, -0.25) is 20.4 Å². The van der Waals surface area contributed by atoms with E-state index in [0.29, 0.717) is 13.0 Å². The minimum Gasteiger partial charge on any atom is -0.507 e. The quantitative estimate of drug-likeness (QED) is 0.562. The average Bonchev–Trinajstić information content (AvgIpc) is 2.58. The number of ether oxygens (including phenoxy) is 1. The molecule has 0 radical (unpaired) electrons. The second-order valence-corrected chi connectivity index (χ2v) is 4.78. The van der Waals surface area contributed by atoms with Crippen molar-refractivity contribution in [3.05, 3.63) is 60.2 Å². The average molecular weight is 314 g/mol. The number of aromatic hydroxyl groups is 1. The van der Waals surface area contributed by atoms with Crippen LogP contribution in [-0.4, -0.2) is 23.5 Å². The first-order valence-electron chi connectivity index (χ1n) is 7.22. The van der Waals surface area contributed by atoms with Crippen LogP contribution in [0.1, 0.15) is 23.2 Å². The Morgan fingerprint density at radius 2 is 1.65 bits per heavy atom. The van der Waals surface area contributed by atoms with E-state index in [0.717, 1.165) is 5.75 Å². The molecule has 0 aromatic heterocycles. The van der Waals surface area contributed by atoms with Crippen molar-refractivity contribution < 1.29 is 19.4 Å². The Balaban J connectivity index is 1.65. The summed E-state index contributed by atoms with van der Waals surface area (Å²) in [4.78, 5) is 23.4. The Morgan fingerprint density at radius 1 is 0.957 bits per heavy atom. The Morgan fingerprint density at radius 3 is 2.39 bits per heavy atom. The number of hydrogen-bond donors (Lipinski definition) is 3. The van der Waals surface area contributed by atoms with Gasteiger partial charge in [0.1, 0.15) is 11.5 Å². The number of rotatable bonds is 6. The van der Waals surface area contributed by atoms with Crippen LogP contribution in [0.5, 0.6) is 11.5 Å². The fraction of sp³-hybridized carbons (Fsp3) is 0.176. The lowest BCUT2D eigenvalue weighted by atomic mass is 10.2. The number of carbonyl (C=O) groups excluding carboxylic acids is 2. The molecule has 0 heterocycles. The van der Waals surface area contributed by atoms with Crippen LogP contribution in [-0.2, 0) is 4.79 Å². The Kier molecular flexibility index (Phi) is 5.99. The third-order valence-electron chi connectivity index (χ3n) is 3.02. The van der Waals surface area contributed by atoms with Crippen molar-refractivity contribution >= 4 is 11.8 Å². The molecule has 0 unspecified atom stereocenters. The van der Waals surface area contributed by atoms with Gasteiger partial charge in [0.2, 0.25) is 5.91 Å². The summed E-state index contributed by atoms with van der Waals surface area (Å²) in [7, 11) is 0. The van der Waals surface area contributed by atoms with Gasteiger partial charge in [0.25, 0.3) is 5.91 Å². The van der Waals surface area contributed by atoms with Crippen LogP contribution in [0.2, 0.25) is 0 Å². The maximum absolute atomic E-state index is 11.8. The normalized spacial score (nSPS) is 9.91. The standard InChI is InChI=1S/C17H18N2O4/c20-15-10-5-4-9-14(15)17(22)19-18-16(21)11-6-12-23-13-7-2-1-3-8-13/h1-5,7-10,20H,6,11-12H2,(H,18,21)(H,19,22). The first kappa shape index (κ1) is 16.4. The predicted molar refractivity (Wildman–Crippen MR) is 84.9 cm³/mol. The smallest absolute Gasteiger partial charge is 0.273 e. The summed E-state index contributed by atoms with van der Waals surface area (Å²) >= 11 is 0. The first-order valence-corrected chi connectivity index (χ1v) is 7.22. The molecule has 6 heteroatoms. The van der Waals surface area contributed by atoms with Crippen LogP contribution in [0.25, 0.3) is 0 Å². The maximum atomic E-state index is 11.8. The van der Waals surface area contributed by atoms with Crippen molar-refractivity contribution in [3.8, 4) is 11.5 Å². The topological polar surface area (TPSA) is 87.7 Å². The largest absolute Gasteiger partial charge is 0.507 e. The summed E-state index contributed by atoms with van der Waals surface area (Å²) in [6.07, 6.45) is 0.737. The molecule has 0 bridgehead atoms. The van der Waals surface area contributed by atoms with Gasteiger partial charge < -0.3 is 9.84 Å². The van der Waals surface area contributed by atoms with Crippen LogP contribution < -0.4 is 15.6 Å². The zero-order chi connectivity index (χ0) is 16.5. The second kappa shape index (κ2) is 8.43. The molecular weight excluding hydrogens is 296 g/mol. The summed E-state index contributed by atoms with van der Waals surface area (Å²) in [6.45, 7) is 0.408. The van der Waals surface area contributed by atoms with Crippen molar-refractivity contribution in [3.63, 3.8) is 0 Å². The molecule has 0 aliphatic heterocycles. The van der Waals surface area contributed by atoms with E-state index in [1.54, 1.807) is 12.1 Å². The predicted octanol–water partition coefficient (Wildman–Crippen LogP) is 2.01. The monoisotopic (exact) mass is 314 g/mol. The molecule has 0 saturated carbocycles. The molecule has 23 heavy (non-hydrogen) atoms. The molecule has 2 amide bonds. The maximum Gasteiger partial charge on any atom is 0.273 e. The molecule has 2 rings (SSSR count). The van der Waals surface area contributed by atoms with Gasteiger partial charge in [-0.1, -0.05) is 30.3 Å². The van der Waals surface area contributed by atoms with Crippen LogP contribution in [0.15, 0.2) is 54.6 Å². The highest BCUT2D eigenvalue weighted by molar-refractivity contribution is 5.97. The van der Waals surface area contributed by atoms with E-state index in [4.69, 9.17) is 4.74 Å². The number of hydrogen-bond acceptors (Lipinski definition) is 4. The van der Waals surface area contributed by atoms with Crippen molar-refractivity contribution in [1.82, 2.24) is 10.9 Å². The van der Waals surface area contributed by atoms with E-state index in [2.05, 4.69) is 10.9 Å². The lowest BCUT2D eigenvalue weighted by molar-refractivity contribution is -0.122. The van der Waals surface area contributed by atoms with E-state index in [9.17, 15) is 14.7 Å². The Bertz CT molecular complexity index is 659. The number of benzene rings is 2. The zero-order valence-electron chi connectivity index (χ0n) is 12.5. The number of nitrogens with one attached hydrogen (secondary N) is 2. The molecule has 3 N–H and O–H groups in total. The molecule has 0 aliphatic carbocycles. The molecular formula is C17H18N2O4. The summed E-state index contributed by atoms with van der Waals surface area (Å²) in [5, 5.41) is 9.54. The van der Waals surface area contributed by atoms with Crippen molar-refractivity contribution in [2.75, 3.05) is 6.61 Å². The molecule has 0 saturated heterocycles. The fourth-order valence-electron chi connectivity index (χ4n) is 1.86. The summed E-state index contributed by atoms with van der Waals surface area (Å²) in [6, 6.07) is 15.4. The van der Waals surface area contributed by atoms with Crippen LogP contribution in [0, 0.1) is 0 Å². The number of amides is 2. The minimum absolute atomic E-state index is 0.0974. The molecule has 2 aromatic rings. The van der Waals surface area contributed by atoms with Gasteiger partial charge in [-0.05, 0) is 30.7 Å². The van der Waals surface area contributed by atoms with Gasteiger partial charge in [-0.25, -0.2) is 0 Å². The molecule has 2 aromatic carbocycles. The third kappa shape index (κ3) is 5.35. The number of carbonyl (C=O) groups is 2. The van der Waals surface area contributed by atoms with Gasteiger partial charge in [0.05, 0.1) is 12.2 Å². The van der Waals surface area contributed by atoms with E-state index in [1.165, 1.54) is 12.1 Å². The molecule has 0 aliphatic rings. The highest BCUT2D eigenvalue weighted by atomic mass is 16.5. The summed E-state index contributed by atoms with van der Waals surface area (Å²) in [5.41, 5.74) is 4.66. The number of hydrazine groups is 1. The number of phenols is 1. The fourth-order valence-corrected chi connectivity index (χ4v) is 1.86. The van der Waals surface area contributed by atoms with Gasteiger partial charge in [-0.2, -0.15) is 0 Å². The van der Waals surface area contributed by atoms with E-state index >= 15 is 0 Å². The third-order valence-corrected chi connectivity index (χ3v) is 3.02. The zero-order valence-corrected chi connectivity index (χ0v) is 12.5. The number of para-hydroxylation sites is 2. The van der Waals surface area contributed by atoms with E-state index in [-0.39, 0.29) is 23.6 Å². The molecule has 0 atom stereocenters. The Labute approximate surface area is 134 Å². The van der Waals surface area contributed by atoms with Crippen LogP contribution >= 0.6 is 0 Å². The minimum atomic E-state index is -0.572.